The lowest BCUT2D eigenvalue weighted by molar-refractivity contribution is -0.131. The highest BCUT2D eigenvalue weighted by Crippen LogP contribution is 2.24. The third-order valence-electron chi connectivity index (χ3n) is 4.84. The fraction of sp³-hybridized carbons (Fsp3) is 0.222. The molecule has 9 heteroatoms. The molecular formula is C18H17N7OS. The number of hydrogen-bond acceptors (Lipinski definition) is 7. The molecule has 0 spiro atoms. The third kappa shape index (κ3) is 2.85. The smallest absolute Gasteiger partial charge is 0.262 e. The first-order valence-corrected chi connectivity index (χ1v) is 9.42. The van der Waals surface area contributed by atoms with Gasteiger partial charge >= 0.3 is 0 Å². The van der Waals surface area contributed by atoms with Gasteiger partial charge in [0.1, 0.15) is 0 Å². The molecule has 0 unspecified atom stereocenters. The van der Waals surface area contributed by atoms with Crippen LogP contribution in [0, 0.1) is 0 Å². The average Bonchev–Trinajstić information content (AvgIpc) is 3.41. The van der Waals surface area contributed by atoms with Crippen molar-refractivity contribution < 1.29 is 4.79 Å². The number of aromatic amines is 1. The minimum atomic E-state index is -0.00908. The summed E-state index contributed by atoms with van der Waals surface area (Å²) in [5.41, 5.74) is 9.80. The second-order valence-corrected chi connectivity index (χ2v) is 7.45. The molecule has 5 rings (SSSR count). The lowest BCUT2D eigenvalue weighted by Gasteiger charge is -2.24. The first-order valence-electron chi connectivity index (χ1n) is 8.65. The van der Waals surface area contributed by atoms with Crippen LogP contribution in [0.5, 0.6) is 0 Å². The van der Waals surface area contributed by atoms with Gasteiger partial charge in [-0.25, -0.2) is 9.38 Å². The van der Waals surface area contributed by atoms with Crippen LogP contribution in [0.25, 0.3) is 17.0 Å². The average molecular weight is 379 g/mol. The van der Waals surface area contributed by atoms with Crippen molar-refractivity contribution in [2.24, 2.45) is 5.10 Å². The number of fused-ring (bicyclic) bond motifs is 2. The molecule has 0 radical (unpaired) electrons. The van der Waals surface area contributed by atoms with E-state index in [2.05, 4.69) is 19.7 Å². The van der Waals surface area contributed by atoms with Crippen molar-refractivity contribution in [3.63, 3.8) is 0 Å². The van der Waals surface area contributed by atoms with Crippen molar-refractivity contribution in [2.75, 3.05) is 18.8 Å². The highest BCUT2D eigenvalue weighted by atomic mass is 32.1. The largest absolute Gasteiger partial charge is 0.382 e. The number of anilines is 1. The topological polar surface area (TPSA) is 104 Å². The number of H-pyrrole nitrogens is 1. The summed E-state index contributed by atoms with van der Waals surface area (Å²) >= 11 is 1.48. The summed E-state index contributed by atoms with van der Waals surface area (Å²) in [6, 6.07) is 5.89. The van der Waals surface area contributed by atoms with E-state index in [1.165, 1.54) is 11.5 Å². The molecule has 0 saturated carbocycles. The fourth-order valence-electron chi connectivity index (χ4n) is 3.39. The molecule has 27 heavy (non-hydrogen) atoms. The molecule has 0 fully saturated rings. The predicted octanol–water partition coefficient (Wildman–Crippen LogP) is 2.02. The van der Waals surface area contributed by atoms with Crippen LogP contribution >= 0.6 is 11.5 Å². The Labute approximate surface area is 159 Å². The monoisotopic (exact) mass is 379 g/mol. The molecule has 136 valence electrons. The van der Waals surface area contributed by atoms with Crippen LogP contribution in [-0.2, 0) is 11.3 Å². The molecule has 0 bridgehead atoms. The Morgan fingerprint density at radius 2 is 2.30 bits per heavy atom. The van der Waals surface area contributed by atoms with Crippen molar-refractivity contribution in [2.45, 2.75) is 13.0 Å². The van der Waals surface area contributed by atoms with Gasteiger partial charge in [0, 0.05) is 36.3 Å². The van der Waals surface area contributed by atoms with Gasteiger partial charge in [-0.05, 0) is 35.3 Å². The van der Waals surface area contributed by atoms with Gasteiger partial charge < -0.3 is 10.6 Å². The van der Waals surface area contributed by atoms with E-state index in [9.17, 15) is 4.79 Å². The summed E-state index contributed by atoms with van der Waals surface area (Å²) in [5.74, 6) is 0.461. The van der Waals surface area contributed by atoms with Gasteiger partial charge in [-0.2, -0.15) is 10.2 Å². The number of nitrogens with one attached hydrogen (secondary N) is 1. The fourth-order valence-corrected chi connectivity index (χ4v) is 4.04. The number of carbonyl (C=O) groups is 1. The van der Waals surface area contributed by atoms with E-state index in [4.69, 9.17) is 5.73 Å². The molecule has 3 aromatic rings. The Morgan fingerprint density at radius 1 is 1.37 bits per heavy atom. The van der Waals surface area contributed by atoms with Crippen molar-refractivity contribution in [1.82, 2.24) is 24.5 Å². The Morgan fingerprint density at radius 3 is 3.22 bits per heavy atom. The highest BCUT2D eigenvalue weighted by molar-refractivity contribution is 7.06. The molecule has 0 saturated heterocycles. The van der Waals surface area contributed by atoms with Crippen molar-refractivity contribution in [3.05, 3.63) is 46.6 Å². The van der Waals surface area contributed by atoms with Gasteiger partial charge in [-0.1, -0.05) is 6.07 Å². The number of amides is 1. The number of nitrogens with two attached hydrogens (primary N) is 1. The van der Waals surface area contributed by atoms with Gasteiger partial charge in [0.25, 0.3) is 5.91 Å². The second kappa shape index (κ2) is 6.20. The number of aromatic nitrogens is 3. The molecule has 2 aromatic heterocycles. The summed E-state index contributed by atoms with van der Waals surface area (Å²) in [5, 5.41) is 13.9. The number of benzene rings is 1. The van der Waals surface area contributed by atoms with E-state index < -0.39 is 0 Å². The van der Waals surface area contributed by atoms with Crippen molar-refractivity contribution in [1.29, 1.82) is 0 Å². The Hall–Kier alpha value is -3.20. The number of rotatable bonds is 3. The maximum Gasteiger partial charge on any atom is 0.262 e. The third-order valence-corrected chi connectivity index (χ3v) is 5.65. The Bertz CT molecular complexity index is 1100. The van der Waals surface area contributed by atoms with Crippen LogP contribution in [0.15, 0.2) is 35.7 Å². The minimum Gasteiger partial charge on any atom is -0.382 e. The van der Waals surface area contributed by atoms with Crippen LogP contribution < -0.4 is 5.73 Å². The van der Waals surface area contributed by atoms with Crippen molar-refractivity contribution >= 4 is 45.9 Å². The molecule has 2 aliphatic heterocycles. The van der Waals surface area contributed by atoms with Crippen LogP contribution in [0.2, 0.25) is 0 Å². The maximum absolute atomic E-state index is 12.7. The van der Waals surface area contributed by atoms with E-state index in [-0.39, 0.29) is 5.91 Å². The van der Waals surface area contributed by atoms with E-state index in [0.29, 0.717) is 25.5 Å². The number of nitrogen functional groups attached to an aromatic ring is 1. The number of hydrogen-bond donors (Lipinski definition) is 2. The van der Waals surface area contributed by atoms with E-state index >= 15 is 0 Å². The van der Waals surface area contributed by atoms with Gasteiger partial charge in [-0.15, -0.1) is 0 Å². The summed E-state index contributed by atoms with van der Waals surface area (Å²) in [6.45, 7) is 1.60. The number of carbonyl (C=O) groups excluding carboxylic acids is 1. The van der Waals surface area contributed by atoms with Crippen LogP contribution in [0.1, 0.15) is 22.4 Å². The summed E-state index contributed by atoms with van der Waals surface area (Å²) in [4.78, 5) is 15.8. The first-order chi connectivity index (χ1) is 13.2. The zero-order chi connectivity index (χ0) is 18.4. The van der Waals surface area contributed by atoms with Gasteiger partial charge in [0.2, 0.25) is 0 Å². The molecule has 1 amide bonds. The molecule has 0 atom stereocenters. The second-order valence-electron chi connectivity index (χ2n) is 6.62. The van der Waals surface area contributed by atoms with E-state index in [0.717, 1.165) is 39.0 Å². The predicted molar refractivity (Wildman–Crippen MR) is 105 cm³/mol. The Balaban J connectivity index is 1.30. The molecule has 2 aliphatic rings. The summed E-state index contributed by atoms with van der Waals surface area (Å²) < 4.78 is 4.19. The lowest BCUT2D eigenvalue weighted by Crippen LogP contribution is -2.34. The van der Waals surface area contributed by atoms with Crippen LogP contribution in [0.3, 0.4) is 0 Å². The quantitative estimate of drug-likeness (QED) is 0.725. The summed E-state index contributed by atoms with van der Waals surface area (Å²) in [7, 11) is 0. The number of nitrogens with zero attached hydrogens (tertiary/aromatic N) is 5. The highest BCUT2D eigenvalue weighted by Gasteiger charge is 2.24. The standard InChI is InChI=1S/C18H17N7OS/c19-18-13-7-11(1-2-15(13)21-22-18)14-3-6-25(23-14)17(26)10-24-5-4-16-12(9-24)8-20-27-16/h1-2,4-5,7-8H,3,6,9-10H2,(H3,19,21,22). The molecule has 8 nitrogen and oxygen atoms in total. The maximum atomic E-state index is 12.7. The van der Waals surface area contributed by atoms with Crippen molar-refractivity contribution in [3.8, 4) is 0 Å². The first kappa shape index (κ1) is 16.0. The zero-order valence-electron chi connectivity index (χ0n) is 14.4. The summed E-state index contributed by atoms with van der Waals surface area (Å²) in [6.07, 6.45) is 6.55. The minimum absolute atomic E-state index is 0.00908. The SMILES string of the molecule is Nc1n[nH]c2ccc(C3=NN(C(=O)CN4C=Cc5sncc5C4)CC3)cc12. The molecule has 4 heterocycles. The van der Waals surface area contributed by atoms with Crippen LogP contribution in [0.4, 0.5) is 5.82 Å². The normalized spacial score (nSPS) is 16.1. The molecular weight excluding hydrogens is 362 g/mol. The molecule has 0 aliphatic carbocycles. The molecule has 1 aromatic carbocycles. The van der Waals surface area contributed by atoms with Gasteiger partial charge in [0.15, 0.2) is 5.82 Å². The van der Waals surface area contributed by atoms with E-state index in [1.807, 2.05) is 41.6 Å². The van der Waals surface area contributed by atoms with E-state index in [1.54, 1.807) is 5.01 Å². The lowest BCUT2D eigenvalue weighted by atomic mass is 10.1. The van der Waals surface area contributed by atoms with Gasteiger partial charge in [-0.3, -0.25) is 9.89 Å². The van der Waals surface area contributed by atoms with Crippen LogP contribution in [-0.4, -0.2) is 49.2 Å². The van der Waals surface area contributed by atoms with Gasteiger partial charge in [0.05, 0.1) is 29.2 Å². The number of hydrazone groups is 1. The molecule has 3 N–H and O–H groups in total. The zero-order valence-corrected chi connectivity index (χ0v) is 15.2. The Kier molecular flexibility index (Phi) is 3.68.